The van der Waals surface area contributed by atoms with E-state index in [2.05, 4.69) is 17.1 Å². The Bertz CT molecular complexity index is 1070. The number of ether oxygens (including phenoxy) is 2. The summed E-state index contributed by atoms with van der Waals surface area (Å²) >= 11 is 0. The Morgan fingerprint density at radius 2 is 1.61 bits per heavy atom. The predicted octanol–water partition coefficient (Wildman–Crippen LogP) is 4.96. The predicted molar refractivity (Wildman–Crippen MR) is 125 cm³/mol. The molecule has 1 aromatic heterocycles. The lowest BCUT2D eigenvalue weighted by molar-refractivity contribution is -0.153. The molecule has 0 amide bonds. The lowest BCUT2D eigenvalue weighted by atomic mass is 9.88. The fourth-order valence-electron chi connectivity index (χ4n) is 3.77. The number of aromatic hydroxyl groups is 1. The van der Waals surface area contributed by atoms with Crippen LogP contribution in [0.15, 0.2) is 72.9 Å². The first kappa shape index (κ1) is 24.0. The summed E-state index contributed by atoms with van der Waals surface area (Å²) in [5.41, 5.74) is 2.11. The number of hydrogen-bond acceptors (Lipinski definition) is 6. The van der Waals surface area contributed by atoms with Gasteiger partial charge in [-0.1, -0.05) is 67.6 Å². The number of pyridine rings is 1. The van der Waals surface area contributed by atoms with Crippen molar-refractivity contribution in [1.82, 2.24) is 4.98 Å². The molecule has 6 nitrogen and oxygen atoms in total. The van der Waals surface area contributed by atoms with Gasteiger partial charge in [-0.15, -0.1) is 0 Å². The van der Waals surface area contributed by atoms with Gasteiger partial charge < -0.3 is 14.6 Å². The van der Waals surface area contributed by atoms with E-state index in [1.54, 1.807) is 6.92 Å². The zero-order valence-corrected chi connectivity index (χ0v) is 19.1. The maximum absolute atomic E-state index is 12.8. The summed E-state index contributed by atoms with van der Waals surface area (Å²) in [4.78, 5) is 29.4. The molecule has 0 bridgehead atoms. The lowest BCUT2D eigenvalue weighted by Crippen LogP contribution is -2.28. The van der Waals surface area contributed by atoms with E-state index in [1.165, 1.54) is 19.4 Å². The lowest BCUT2D eigenvalue weighted by Gasteiger charge is -2.26. The van der Waals surface area contributed by atoms with Gasteiger partial charge in [0.2, 0.25) is 0 Å². The van der Waals surface area contributed by atoms with Crippen molar-refractivity contribution in [2.45, 2.75) is 38.7 Å². The highest BCUT2D eigenvalue weighted by molar-refractivity contribution is 5.99. The minimum absolute atomic E-state index is 0.0375. The second kappa shape index (κ2) is 11.3. The maximum atomic E-state index is 12.8. The second-order valence-electron chi connectivity index (χ2n) is 8.09. The van der Waals surface area contributed by atoms with Crippen LogP contribution in [-0.4, -0.2) is 35.1 Å². The number of rotatable bonds is 10. The van der Waals surface area contributed by atoms with Crippen molar-refractivity contribution in [3.05, 3.63) is 89.7 Å². The normalized spacial score (nSPS) is 13.5. The SMILES string of the molecule is COc1ccnc(C(=O)CC(C)C(=O)O[C@@H](C)[C@H](Cc2ccccc2)c2ccccc2)c1O. The number of methoxy groups -OCH3 is 1. The minimum Gasteiger partial charge on any atom is -0.503 e. The van der Waals surface area contributed by atoms with Crippen LogP contribution >= 0.6 is 0 Å². The first-order chi connectivity index (χ1) is 15.9. The zero-order chi connectivity index (χ0) is 23.8. The van der Waals surface area contributed by atoms with E-state index in [4.69, 9.17) is 9.47 Å². The van der Waals surface area contributed by atoms with Crippen molar-refractivity contribution in [3.63, 3.8) is 0 Å². The number of carbonyl (C=O) groups is 2. The number of nitrogens with zero attached hydrogens (tertiary/aromatic N) is 1. The molecule has 0 fully saturated rings. The van der Waals surface area contributed by atoms with E-state index in [-0.39, 0.29) is 29.5 Å². The molecule has 2 aromatic carbocycles. The number of hydrogen-bond donors (Lipinski definition) is 1. The number of esters is 1. The molecule has 6 heteroatoms. The summed E-state index contributed by atoms with van der Waals surface area (Å²) in [6.45, 7) is 3.52. The Hall–Kier alpha value is -3.67. The first-order valence-corrected chi connectivity index (χ1v) is 10.9. The van der Waals surface area contributed by atoms with Gasteiger partial charge in [0, 0.05) is 24.6 Å². The number of ketones is 1. The van der Waals surface area contributed by atoms with Crippen molar-refractivity contribution in [3.8, 4) is 11.5 Å². The third kappa shape index (κ3) is 6.19. The molecule has 1 unspecified atom stereocenters. The average Bonchev–Trinajstić information content (AvgIpc) is 2.83. The molecule has 3 atom stereocenters. The Morgan fingerprint density at radius 1 is 0.970 bits per heavy atom. The third-order valence-electron chi connectivity index (χ3n) is 5.66. The molecule has 1 heterocycles. The van der Waals surface area contributed by atoms with E-state index >= 15 is 0 Å². The Morgan fingerprint density at radius 3 is 2.24 bits per heavy atom. The molecular formula is C27H29NO5. The van der Waals surface area contributed by atoms with Crippen molar-refractivity contribution in [2.24, 2.45) is 5.92 Å². The molecule has 3 rings (SSSR count). The average molecular weight is 448 g/mol. The molecule has 0 aliphatic heterocycles. The van der Waals surface area contributed by atoms with Crippen LogP contribution in [0, 0.1) is 5.92 Å². The van der Waals surface area contributed by atoms with Gasteiger partial charge in [-0.05, 0) is 24.5 Å². The minimum atomic E-state index is -0.694. The van der Waals surface area contributed by atoms with Crippen LogP contribution in [0.25, 0.3) is 0 Å². The van der Waals surface area contributed by atoms with Crippen LogP contribution in [0.5, 0.6) is 11.5 Å². The molecule has 0 saturated carbocycles. The van der Waals surface area contributed by atoms with Gasteiger partial charge in [-0.3, -0.25) is 9.59 Å². The highest BCUT2D eigenvalue weighted by Gasteiger charge is 2.28. The maximum Gasteiger partial charge on any atom is 0.309 e. The summed E-state index contributed by atoms with van der Waals surface area (Å²) in [5.74, 6) is -1.82. The van der Waals surface area contributed by atoms with E-state index < -0.39 is 23.8 Å². The van der Waals surface area contributed by atoms with Crippen LogP contribution in [0.3, 0.4) is 0 Å². The standard InChI is InChI=1S/C27H29NO5/c1-18(16-23(29)25-26(30)24(32-3)14-15-28-25)27(31)33-19(2)22(21-12-8-5-9-13-21)17-20-10-6-4-7-11-20/h4-15,18-19,22,30H,16-17H2,1-3H3/t18?,19-,22-/m0/s1. The zero-order valence-electron chi connectivity index (χ0n) is 19.1. The van der Waals surface area contributed by atoms with Gasteiger partial charge in [0.05, 0.1) is 13.0 Å². The van der Waals surface area contributed by atoms with Crippen molar-refractivity contribution in [1.29, 1.82) is 0 Å². The van der Waals surface area contributed by atoms with E-state index in [1.807, 2.05) is 55.5 Å². The smallest absolute Gasteiger partial charge is 0.309 e. The van der Waals surface area contributed by atoms with Crippen molar-refractivity contribution < 1.29 is 24.2 Å². The van der Waals surface area contributed by atoms with Gasteiger partial charge in [0.25, 0.3) is 0 Å². The fraction of sp³-hybridized carbons (Fsp3) is 0.296. The monoisotopic (exact) mass is 447 g/mol. The van der Waals surface area contributed by atoms with Crippen LogP contribution < -0.4 is 4.74 Å². The molecular weight excluding hydrogens is 418 g/mol. The number of Topliss-reactive ketones (excluding diaryl/α,β-unsaturated/α-hetero) is 1. The molecule has 3 aromatic rings. The van der Waals surface area contributed by atoms with Crippen LogP contribution in [0.1, 0.15) is 47.8 Å². The van der Waals surface area contributed by atoms with Crippen LogP contribution in [0.4, 0.5) is 0 Å². The Balaban J connectivity index is 1.69. The van der Waals surface area contributed by atoms with Gasteiger partial charge in [0.15, 0.2) is 23.0 Å². The molecule has 0 aliphatic rings. The van der Waals surface area contributed by atoms with Crippen LogP contribution in [-0.2, 0) is 16.0 Å². The Labute approximate surface area is 194 Å². The van der Waals surface area contributed by atoms with Gasteiger partial charge in [-0.2, -0.15) is 0 Å². The third-order valence-corrected chi connectivity index (χ3v) is 5.66. The summed E-state index contributed by atoms with van der Waals surface area (Å²) in [6.07, 6.45) is 1.56. The number of carbonyl (C=O) groups excluding carboxylic acids is 2. The van der Waals surface area contributed by atoms with E-state index in [0.717, 1.165) is 11.1 Å². The quantitative estimate of drug-likeness (QED) is 0.349. The number of benzene rings is 2. The second-order valence-corrected chi connectivity index (χ2v) is 8.09. The molecule has 1 N–H and O–H groups in total. The summed E-state index contributed by atoms with van der Waals surface area (Å²) in [5, 5.41) is 10.2. The number of aromatic nitrogens is 1. The summed E-state index contributed by atoms with van der Waals surface area (Å²) in [7, 11) is 1.39. The molecule has 0 saturated heterocycles. The highest BCUT2D eigenvalue weighted by atomic mass is 16.5. The van der Waals surface area contributed by atoms with Crippen LogP contribution in [0.2, 0.25) is 0 Å². The van der Waals surface area contributed by atoms with Gasteiger partial charge >= 0.3 is 5.97 Å². The van der Waals surface area contributed by atoms with E-state index in [0.29, 0.717) is 6.42 Å². The first-order valence-electron chi connectivity index (χ1n) is 10.9. The summed E-state index contributed by atoms with van der Waals surface area (Å²) < 4.78 is 10.8. The van der Waals surface area contributed by atoms with Gasteiger partial charge in [0.1, 0.15) is 6.10 Å². The largest absolute Gasteiger partial charge is 0.503 e. The van der Waals surface area contributed by atoms with Crippen molar-refractivity contribution in [2.75, 3.05) is 7.11 Å². The fourth-order valence-corrected chi connectivity index (χ4v) is 3.77. The molecule has 33 heavy (non-hydrogen) atoms. The topological polar surface area (TPSA) is 85.7 Å². The highest BCUT2D eigenvalue weighted by Crippen LogP contribution is 2.30. The van der Waals surface area contributed by atoms with Crippen molar-refractivity contribution >= 4 is 11.8 Å². The Kier molecular flexibility index (Phi) is 8.19. The molecule has 0 spiro atoms. The molecule has 0 radical (unpaired) electrons. The summed E-state index contributed by atoms with van der Waals surface area (Å²) in [6, 6.07) is 21.5. The van der Waals surface area contributed by atoms with Gasteiger partial charge in [-0.25, -0.2) is 4.98 Å². The van der Waals surface area contributed by atoms with E-state index in [9.17, 15) is 14.7 Å². The molecule has 0 aliphatic carbocycles. The molecule has 172 valence electrons.